The highest BCUT2D eigenvalue weighted by atomic mass is 19.1. The van der Waals surface area contributed by atoms with Crippen LogP contribution in [0.5, 0.6) is 0 Å². The highest BCUT2D eigenvalue weighted by molar-refractivity contribution is 5.80. The van der Waals surface area contributed by atoms with Crippen molar-refractivity contribution in [3.05, 3.63) is 65.0 Å². The van der Waals surface area contributed by atoms with Gasteiger partial charge in [0.25, 0.3) is 0 Å². The molecule has 136 valence electrons. The van der Waals surface area contributed by atoms with E-state index in [1.54, 1.807) is 24.5 Å². The molecule has 1 N–H and O–H groups in total. The molecule has 5 heteroatoms. The highest BCUT2D eigenvalue weighted by Crippen LogP contribution is 2.42. The maximum atomic E-state index is 13.7. The van der Waals surface area contributed by atoms with Gasteiger partial charge in [-0.2, -0.15) is 0 Å². The summed E-state index contributed by atoms with van der Waals surface area (Å²) in [5, 5.41) is 9.74. The molecule has 0 amide bonds. The third kappa shape index (κ3) is 3.41. The lowest BCUT2D eigenvalue weighted by Crippen LogP contribution is -2.23. The van der Waals surface area contributed by atoms with E-state index in [2.05, 4.69) is 21.8 Å². The Bertz CT molecular complexity index is 821. The van der Waals surface area contributed by atoms with Gasteiger partial charge >= 0.3 is 0 Å². The number of halogens is 1. The summed E-state index contributed by atoms with van der Waals surface area (Å²) in [6, 6.07) is 5.10. The molecule has 2 aliphatic rings. The zero-order valence-electron chi connectivity index (χ0n) is 15.0. The first-order valence-electron chi connectivity index (χ1n) is 9.29. The first-order valence-corrected chi connectivity index (χ1v) is 9.29. The number of likely N-dealkylation sites (tertiary alicyclic amines) is 1. The van der Waals surface area contributed by atoms with Crippen LogP contribution in [0, 0.1) is 5.82 Å². The number of hydrogen-bond acceptors (Lipinski definition) is 4. The molecule has 1 saturated heterocycles. The zero-order valence-corrected chi connectivity index (χ0v) is 15.0. The standard InChI is InChI=1S/C21H24FN3O/c1-14(20-12-23-6-7-24-20)21-15(4-8-25-9-5-18(26)13-25)10-16-11-17(22)2-3-19(16)21/h2-3,6-7,11-12,14,18,26H,4-5,8-10,13H2,1H3. The van der Waals surface area contributed by atoms with Gasteiger partial charge in [-0.25, -0.2) is 4.39 Å². The molecule has 1 aromatic carbocycles. The summed E-state index contributed by atoms with van der Waals surface area (Å²) in [4.78, 5) is 11.0. The second-order valence-electron chi connectivity index (χ2n) is 7.34. The van der Waals surface area contributed by atoms with Crippen molar-refractivity contribution in [3.63, 3.8) is 0 Å². The first-order chi connectivity index (χ1) is 12.6. The van der Waals surface area contributed by atoms with Gasteiger partial charge in [-0.15, -0.1) is 0 Å². The van der Waals surface area contributed by atoms with Crippen LogP contribution in [0.2, 0.25) is 0 Å². The zero-order chi connectivity index (χ0) is 18.1. The maximum Gasteiger partial charge on any atom is 0.123 e. The minimum atomic E-state index is -0.197. The molecule has 0 saturated carbocycles. The second kappa shape index (κ2) is 7.25. The van der Waals surface area contributed by atoms with Crippen molar-refractivity contribution >= 4 is 5.57 Å². The SMILES string of the molecule is CC(C1=C(CCN2CCC(O)C2)Cc2cc(F)ccc21)c1cnccn1. The Morgan fingerprint density at radius 3 is 2.96 bits per heavy atom. The predicted octanol–water partition coefficient (Wildman–Crippen LogP) is 3.19. The van der Waals surface area contributed by atoms with E-state index in [9.17, 15) is 9.50 Å². The number of nitrogens with zero attached hydrogens (tertiary/aromatic N) is 3. The van der Waals surface area contributed by atoms with Crippen molar-refractivity contribution in [1.82, 2.24) is 14.9 Å². The normalized spacial score (nSPS) is 21.3. The Morgan fingerprint density at radius 1 is 1.35 bits per heavy atom. The summed E-state index contributed by atoms with van der Waals surface area (Å²) in [5.74, 6) is -0.0613. The van der Waals surface area contributed by atoms with Gasteiger partial charge < -0.3 is 10.0 Å². The third-order valence-electron chi connectivity index (χ3n) is 5.58. The van der Waals surface area contributed by atoms with Crippen LogP contribution >= 0.6 is 0 Å². The monoisotopic (exact) mass is 353 g/mol. The number of aromatic nitrogens is 2. The molecule has 26 heavy (non-hydrogen) atoms. The second-order valence-corrected chi connectivity index (χ2v) is 7.34. The minimum absolute atomic E-state index is 0.120. The molecule has 2 aromatic rings. The maximum absolute atomic E-state index is 13.7. The largest absolute Gasteiger partial charge is 0.392 e. The van der Waals surface area contributed by atoms with E-state index < -0.39 is 0 Å². The number of rotatable bonds is 5. The van der Waals surface area contributed by atoms with Crippen molar-refractivity contribution in [2.45, 2.75) is 38.2 Å². The van der Waals surface area contributed by atoms with E-state index in [-0.39, 0.29) is 17.8 Å². The van der Waals surface area contributed by atoms with Gasteiger partial charge in [-0.1, -0.05) is 18.6 Å². The fourth-order valence-electron chi connectivity index (χ4n) is 4.24. The van der Waals surface area contributed by atoms with E-state index in [1.165, 1.54) is 11.1 Å². The molecule has 4 nitrogen and oxygen atoms in total. The minimum Gasteiger partial charge on any atom is -0.392 e. The summed E-state index contributed by atoms with van der Waals surface area (Å²) in [6.07, 6.45) is 7.60. The Hall–Kier alpha value is -2.11. The fourth-order valence-corrected chi connectivity index (χ4v) is 4.24. The van der Waals surface area contributed by atoms with Crippen molar-refractivity contribution in [3.8, 4) is 0 Å². The molecule has 1 aliphatic heterocycles. The van der Waals surface area contributed by atoms with Crippen LogP contribution in [0.3, 0.4) is 0 Å². The number of aliphatic hydroxyl groups excluding tert-OH is 1. The molecule has 0 spiro atoms. The van der Waals surface area contributed by atoms with E-state index in [0.717, 1.165) is 55.7 Å². The van der Waals surface area contributed by atoms with Gasteiger partial charge in [-0.05, 0) is 48.1 Å². The lowest BCUT2D eigenvalue weighted by atomic mass is 9.90. The lowest BCUT2D eigenvalue weighted by Gasteiger charge is -2.19. The molecular weight excluding hydrogens is 329 g/mol. The van der Waals surface area contributed by atoms with Crippen LogP contribution in [-0.4, -0.2) is 45.7 Å². The molecule has 1 fully saturated rings. The summed E-state index contributed by atoms with van der Waals surface area (Å²) < 4.78 is 13.7. The lowest BCUT2D eigenvalue weighted by molar-refractivity contribution is 0.177. The molecule has 2 heterocycles. The van der Waals surface area contributed by atoms with E-state index in [4.69, 9.17) is 0 Å². The summed E-state index contributed by atoms with van der Waals surface area (Å²) >= 11 is 0. The number of fused-ring (bicyclic) bond motifs is 1. The van der Waals surface area contributed by atoms with Crippen LogP contribution in [-0.2, 0) is 6.42 Å². The van der Waals surface area contributed by atoms with Crippen molar-refractivity contribution in [2.75, 3.05) is 19.6 Å². The summed E-state index contributed by atoms with van der Waals surface area (Å²) in [5.41, 5.74) is 5.76. The third-order valence-corrected chi connectivity index (χ3v) is 5.58. The van der Waals surface area contributed by atoms with Crippen LogP contribution in [0.25, 0.3) is 5.57 Å². The van der Waals surface area contributed by atoms with Crippen LogP contribution < -0.4 is 0 Å². The molecule has 2 unspecified atom stereocenters. The molecule has 2 atom stereocenters. The Labute approximate surface area is 153 Å². The predicted molar refractivity (Wildman–Crippen MR) is 99.2 cm³/mol. The van der Waals surface area contributed by atoms with Gasteiger partial charge in [0.05, 0.1) is 11.8 Å². The Morgan fingerprint density at radius 2 is 2.23 bits per heavy atom. The van der Waals surface area contributed by atoms with Gasteiger partial charge in [0.2, 0.25) is 0 Å². The number of β-amino-alcohol motifs (C(OH)–C–C–N with tert-alkyl or cyclic N) is 1. The van der Waals surface area contributed by atoms with Gasteiger partial charge in [0.1, 0.15) is 5.82 Å². The van der Waals surface area contributed by atoms with Crippen molar-refractivity contribution in [2.24, 2.45) is 0 Å². The number of hydrogen-bond donors (Lipinski definition) is 1. The number of benzene rings is 1. The summed E-state index contributed by atoms with van der Waals surface area (Å²) in [7, 11) is 0. The van der Waals surface area contributed by atoms with Gasteiger partial charge in [0, 0.05) is 44.1 Å². The van der Waals surface area contributed by atoms with E-state index in [0.29, 0.717) is 0 Å². The molecule has 0 radical (unpaired) electrons. The van der Waals surface area contributed by atoms with Crippen LogP contribution in [0.4, 0.5) is 4.39 Å². The molecule has 1 aromatic heterocycles. The highest BCUT2D eigenvalue weighted by Gasteiger charge is 2.28. The van der Waals surface area contributed by atoms with Gasteiger partial charge in [0.15, 0.2) is 0 Å². The Balaban J connectivity index is 1.63. The fraction of sp³-hybridized carbons (Fsp3) is 0.429. The summed E-state index contributed by atoms with van der Waals surface area (Å²) in [6.45, 7) is 4.78. The topological polar surface area (TPSA) is 49.2 Å². The number of allylic oxidation sites excluding steroid dienone is 1. The first kappa shape index (κ1) is 17.3. The Kier molecular flexibility index (Phi) is 4.83. The molecule has 1 aliphatic carbocycles. The molecular formula is C21H24FN3O. The smallest absolute Gasteiger partial charge is 0.123 e. The molecule has 0 bridgehead atoms. The van der Waals surface area contributed by atoms with Crippen molar-refractivity contribution in [1.29, 1.82) is 0 Å². The van der Waals surface area contributed by atoms with Crippen molar-refractivity contribution < 1.29 is 9.50 Å². The van der Waals surface area contributed by atoms with E-state index in [1.807, 2.05) is 12.3 Å². The molecule has 4 rings (SSSR count). The van der Waals surface area contributed by atoms with Crippen LogP contribution in [0.15, 0.2) is 42.4 Å². The van der Waals surface area contributed by atoms with Gasteiger partial charge in [-0.3, -0.25) is 9.97 Å². The average Bonchev–Trinajstić information content (AvgIpc) is 3.22. The van der Waals surface area contributed by atoms with E-state index >= 15 is 0 Å². The average molecular weight is 353 g/mol. The number of aliphatic hydroxyl groups is 1. The van der Waals surface area contributed by atoms with Crippen LogP contribution in [0.1, 0.15) is 42.5 Å². The quantitative estimate of drug-likeness (QED) is 0.897.